The number of rotatable bonds is 4. The highest BCUT2D eigenvalue weighted by atomic mass is 16.3. The van der Waals surface area contributed by atoms with Crippen molar-refractivity contribution in [2.24, 2.45) is 0 Å². The topological polar surface area (TPSA) is 105 Å². The maximum absolute atomic E-state index is 13.4. The number of hydrogen-bond donors (Lipinski definition) is 2. The van der Waals surface area contributed by atoms with Crippen LogP contribution in [-0.2, 0) is 6.54 Å². The van der Waals surface area contributed by atoms with Gasteiger partial charge >= 0.3 is 0 Å². The summed E-state index contributed by atoms with van der Waals surface area (Å²) < 4.78 is 8.25. The van der Waals surface area contributed by atoms with E-state index >= 15 is 0 Å². The molecular weight excluding hydrogens is 406 g/mol. The Labute approximate surface area is 181 Å². The summed E-state index contributed by atoms with van der Waals surface area (Å²) in [5.74, 6) is 0.108. The molecule has 158 valence electrons. The second kappa shape index (κ2) is 7.66. The fourth-order valence-corrected chi connectivity index (χ4v) is 3.71. The number of para-hydroxylation sites is 1. The minimum absolute atomic E-state index is 0.0644. The van der Waals surface area contributed by atoms with Gasteiger partial charge < -0.3 is 9.73 Å². The van der Waals surface area contributed by atoms with Crippen molar-refractivity contribution < 1.29 is 9.21 Å². The molecule has 2 N–H and O–H groups in total. The van der Waals surface area contributed by atoms with E-state index in [1.807, 2.05) is 43.3 Å². The molecule has 1 aromatic carbocycles. The third-order valence-electron chi connectivity index (χ3n) is 5.31. The Kier molecular flexibility index (Phi) is 4.67. The predicted molar refractivity (Wildman–Crippen MR) is 119 cm³/mol. The molecule has 4 heterocycles. The quantitative estimate of drug-likeness (QED) is 0.432. The van der Waals surface area contributed by atoms with Crippen LogP contribution in [0.1, 0.15) is 21.7 Å². The summed E-state index contributed by atoms with van der Waals surface area (Å²) in [5, 5.41) is 11.8. The van der Waals surface area contributed by atoms with E-state index in [4.69, 9.17) is 14.8 Å². The van der Waals surface area contributed by atoms with Gasteiger partial charge in [-0.3, -0.25) is 24.0 Å². The molecule has 0 unspecified atom stereocenters. The largest absolute Gasteiger partial charge is 0.467 e. The average molecular weight is 425 g/mol. The van der Waals surface area contributed by atoms with Crippen LogP contribution in [0.25, 0.3) is 22.4 Å². The monoisotopic (exact) mass is 425 g/mol. The van der Waals surface area contributed by atoms with Crippen molar-refractivity contribution >= 4 is 22.6 Å². The molecule has 0 spiro atoms. The van der Waals surface area contributed by atoms with E-state index in [0.29, 0.717) is 22.7 Å². The number of fused-ring (bicyclic) bond motifs is 2. The summed E-state index contributed by atoms with van der Waals surface area (Å²) in [6.45, 7) is 2.04. The van der Waals surface area contributed by atoms with Crippen LogP contribution in [-0.4, -0.2) is 19.9 Å². The first-order valence-corrected chi connectivity index (χ1v) is 10.0. The highest BCUT2D eigenvalue weighted by Crippen LogP contribution is 2.16. The lowest BCUT2D eigenvalue weighted by Crippen LogP contribution is -2.34. The lowest BCUT2D eigenvalue weighted by atomic mass is 10.1. The third-order valence-corrected chi connectivity index (χ3v) is 5.31. The molecule has 0 aliphatic heterocycles. The van der Waals surface area contributed by atoms with E-state index in [0.717, 1.165) is 5.56 Å². The van der Waals surface area contributed by atoms with Gasteiger partial charge in [-0.25, -0.2) is 4.98 Å². The number of nitrogens with zero attached hydrogens (tertiary/aromatic N) is 3. The number of furan rings is 1. The molecule has 0 bridgehead atoms. The van der Waals surface area contributed by atoms with Gasteiger partial charge in [0.15, 0.2) is 5.65 Å². The molecule has 5 aromatic rings. The predicted octanol–water partition coefficient (Wildman–Crippen LogP) is 2.95. The number of aryl methyl sites for hydroxylation is 1. The summed E-state index contributed by atoms with van der Waals surface area (Å²) >= 11 is 0. The van der Waals surface area contributed by atoms with E-state index in [9.17, 15) is 9.59 Å². The number of aromatic nitrogens is 3. The van der Waals surface area contributed by atoms with E-state index in [-0.39, 0.29) is 28.5 Å². The summed E-state index contributed by atoms with van der Waals surface area (Å²) in [6, 6.07) is 17.7. The Morgan fingerprint density at radius 2 is 1.91 bits per heavy atom. The van der Waals surface area contributed by atoms with E-state index < -0.39 is 5.91 Å². The van der Waals surface area contributed by atoms with Gasteiger partial charge in [0.2, 0.25) is 0 Å². The first-order chi connectivity index (χ1) is 15.5. The Bertz CT molecular complexity index is 1580. The number of carbonyl (C=O) groups is 1. The molecule has 8 nitrogen and oxygen atoms in total. The van der Waals surface area contributed by atoms with Crippen LogP contribution >= 0.6 is 0 Å². The van der Waals surface area contributed by atoms with Crippen LogP contribution < -0.4 is 16.4 Å². The van der Waals surface area contributed by atoms with Crippen molar-refractivity contribution in [2.75, 3.05) is 0 Å². The van der Waals surface area contributed by atoms with Gasteiger partial charge in [0.05, 0.1) is 23.8 Å². The fraction of sp³-hybridized carbons (Fsp3) is 0.0833. The third kappa shape index (κ3) is 3.18. The van der Waals surface area contributed by atoms with Crippen LogP contribution in [0, 0.1) is 12.3 Å². The van der Waals surface area contributed by atoms with Crippen molar-refractivity contribution in [3.05, 3.63) is 106 Å². The number of carbonyl (C=O) groups excluding carboxylic acids is 1. The number of hydrogen-bond acceptors (Lipinski definition) is 5. The summed E-state index contributed by atoms with van der Waals surface area (Å²) in [6.07, 6.45) is 3.17. The Morgan fingerprint density at radius 1 is 1.09 bits per heavy atom. The van der Waals surface area contributed by atoms with Crippen LogP contribution in [0.3, 0.4) is 0 Å². The maximum atomic E-state index is 13.4. The van der Waals surface area contributed by atoms with Gasteiger partial charge in [0.25, 0.3) is 11.5 Å². The standard InChI is InChI=1S/C24H19N5O3/c1-15-7-5-11-28-21(15)27-22-19(24(28)31)13-18(23(30)26-14-17-10-6-12-32-17)20(25)29(22)16-8-3-2-4-9-16/h2-13,25H,14H2,1H3,(H,26,30). The van der Waals surface area contributed by atoms with Crippen LogP contribution in [0.5, 0.6) is 0 Å². The van der Waals surface area contributed by atoms with Gasteiger partial charge in [0, 0.05) is 11.9 Å². The Hall–Kier alpha value is -4.46. The van der Waals surface area contributed by atoms with Crippen LogP contribution in [0.4, 0.5) is 0 Å². The normalized spacial score (nSPS) is 11.2. The zero-order chi connectivity index (χ0) is 22.2. The lowest BCUT2D eigenvalue weighted by Gasteiger charge is -2.15. The van der Waals surface area contributed by atoms with E-state index in [1.165, 1.54) is 21.3 Å². The molecule has 0 saturated carbocycles. The van der Waals surface area contributed by atoms with Gasteiger partial charge in [0.1, 0.15) is 16.9 Å². The number of pyridine rings is 2. The molecule has 0 atom stereocenters. The second-order valence-corrected chi connectivity index (χ2v) is 7.38. The Balaban J connectivity index is 1.79. The molecule has 0 fully saturated rings. The molecular formula is C24H19N5O3. The first-order valence-electron chi connectivity index (χ1n) is 10.0. The zero-order valence-electron chi connectivity index (χ0n) is 17.2. The minimum Gasteiger partial charge on any atom is -0.467 e. The highest BCUT2D eigenvalue weighted by Gasteiger charge is 2.19. The number of benzene rings is 1. The zero-order valence-corrected chi connectivity index (χ0v) is 17.2. The van der Waals surface area contributed by atoms with Crippen molar-refractivity contribution in [1.29, 1.82) is 5.41 Å². The van der Waals surface area contributed by atoms with Gasteiger partial charge in [-0.15, -0.1) is 0 Å². The average Bonchev–Trinajstić information content (AvgIpc) is 3.32. The van der Waals surface area contributed by atoms with E-state index in [2.05, 4.69) is 5.32 Å². The van der Waals surface area contributed by atoms with Crippen molar-refractivity contribution in [2.45, 2.75) is 13.5 Å². The molecule has 5 rings (SSSR count). The first kappa shape index (κ1) is 19.5. The van der Waals surface area contributed by atoms with Crippen molar-refractivity contribution in [1.82, 2.24) is 19.3 Å². The molecule has 0 aliphatic carbocycles. The van der Waals surface area contributed by atoms with Gasteiger partial charge in [-0.05, 0) is 48.9 Å². The molecule has 0 radical (unpaired) electrons. The maximum Gasteiger partial charge on any atom is 0.267 e. The van der Waals surface area contributed by atoms with Crippen LogP contribution in [0.15, 0.2) is 82.3 Å². The highest BCUT2D eigenvalue weighted by molar-refractivity contribution is 5.97. The molecule has 8 heteroatoms. The van der Waals surface area contributed by atoms with Crippen molar-refractivity contribution in [3.63, 3.8) is 0 Å². The number of amides is 1. The number of nitrogens with one attached hydrogen (secondary N) is 2. The fourth-order valence-electron chi connectivity index (χ4n) is 3.71. The van der Waals surface area contributed by atoms with Crippen molar-refractivity contribution in [3.8, 4) is 5.69 Å². The smallest absolute Gasteiger partial charge is 0.267 e. The second-order valence-electron chi connectivity index (χ2n) is 7.38. The van der Waals surface area contributed by atoms with Crippen LogP contribution in [0.2, 0.25) is 0 Å². The molecule has 4 aromatic heterocycles. The van der Waals surface area contributed by atoms with E-state index in [1.54, 1.807) is 24.4 Å². The molecule has 1 amide bonds. The summed E-state index contributed by atoms with van der Waals surface area (Å²) in [7, 11) is 0. The minimum atomic E-state index is -0.480. The SMILES string of the molecule is Cc1cccn2c(=O)c3cc(C(=O)NCc4ccco4)c(=N)n(-c4ccccc4)c3nc12. The Morgan fingerprint density at radius 3 is 2.66 bits per heavy atom. The lowest BCUT2D eigenvalue weighted by molar-refractivity contribution is 0.0946. The molecule has 0 saturated heterocycles. The summed E-state index contributed by atoms with van der Waals surface area (Å²) in [5.41, 5.74) is 1.99. The van der Waals surface area contributed by atoms with Gasteiger partial charge in [-0.1, -0.05) is 24.3 Å². The molecule has 0 aliphatic rings. The summed E-state index contributed by atoms with van der Waals surface area (Å²) in [4.78, 5) is 31.1. The molecule has 32 heavy (non-hydrogen) atoms. The van der Waals surface area contributed by atoms with Gasteiger partial charge in [-0.2, -0.15) is 0 Å².